The molecule has 0 spiro atoms. The lowest BCUT2D eigenvalue weighted by Gasteiger charge is -2.04. The summed E-state index contributed by atoms with van der Waals surface area (Å²) in [7, 11) is -2.16. The number of thiazole rings is 1. The van der Waals surface area contributed by atoms with E-state index >= 15 is 0 Å². The molecule has 0 atom stereocenters. The molecule has 0 N–H and O–H groups in total. The highest BCUT2D eigenvalue weighted by molar-refractivity contribution is 9.10. The van der Waals surface area contributed by atoms with Crippen LogP contribution in [0.5, 0.6) is 0 Å². The van der Waals surface area contributed by atoms with Gasteiger partial charge in [-0.15, -0.1) is 0 Å². The van der Waals surface area contributed by atoms with Crippen LogP contribution in [0.2, 0.25) is 0 Å². The lowest BCUT2D eigenvalue weighted by molar-refractivity contribution is -0.141. The average molecular weight is 497 g/mol. The van der Waals surface area contributed by atoms with Gasteiger partial charge in [-0.3, -0.25) is 9.59 Å². The Kier molecular flexibility index (Phi) is 6.35. The zero-order valence-electron chi connectivity index (χ0n) is 15.6. The summed E-state index contributed by atoms with van der Waals surface area (Å²) in [6.45, 7) is 1.44. The van der Waals surface area contributed by atoms with Gasteiger partial charge in [0.25, 0.3) is 5.91 Å². The minimum absolute atomic E-state index is 0.0634. The number of fused-ring (bicyclic) bond motifs is 1. The van der Waals surface area contributed by atoms with E-state index in [1.54, 1.807) is 11.5 Å². The molecule has 0 aliphatic rings. The van der Waals surface area contributed by atoms with Crippen molar-refractivity contribution in [1.29, 1.82) is 0 Å². The fraction of sp³-hybridized carbons (Fsp3) is 0.211. The summed E-state index contributed by atoms with van der Waals surface area (Å²) in [5.41, 5.74) is 0.889. The summed E-state index contributed by atoms with van der Waals surface area (Å²) >= 11 is 4.65. The first-order valence-corrected chi connectivity index (χ1v) is 11.8. The third-order valence-corrected chi connectivity index (χ3v) is 7.44. The van der Waals surface area contributed by atoms with Crippen molar-refractivity contribution in [3.8, 4) is 0 Å². The van der Waals surface area contributed by atoms with Gasteiger partial charge in [-0.25, -0.2) is 8.42 Å². The molecule has 0 aliphatic carbocycles. The highest BCUT2D eigenvalue weighted by Crippen LogP contribution is 2.22. The maximum atomic E-state index is 12.7. The van der Waals surface area contributed by atoms with Crippen LogP contribution in [0.4, 0.5) is 0 Å². The molecule has 0 fully saturated rings. The fourth-order valence-corrected chi connectivity index (χ4v) is 5.12. The van der Waals surface area contributed by atoms with Crippen LogP contribution >= 0.6 is 27.3 Å². The minimum atomic E-state index is -3.44. The number of amides is 1. The molecule has 1 heterocycles. The van der Waals surface area contributed by atoms with E-state index < -0.39 is 21.7 Å². The molecule has 0 saturated heterocycles. The van der Waals surface area contributed by atoms with E-state index in [9.17, 15) is 18.0 Å². The lowest BCUT2D eigenvalue weighted by atomic mass is 10.2. The Hall–Kier alpha value is -2.30. The smallest absolute Gasteiger partial charge is 0.325 e. The normalized spacial score (nSPS) is 12.3. The number of esters is 1. The van der Waals surface area contributed by atoms with E-state index in [1.165, 1.54) is 42.7 Å². The van der Waals surface area contributed by atoms with Crippen molar-refractivity contribution in [2.24, 2.45) is 4.99 Å². The standard InChI is InChI=1S/C19H17BrN2O5S2/c1-3-29(25,26)14-6-4-5-12(9-14)18(24)21-19-22(11-17(23)27-2)15-8-7-13(20)10-16(15)28-19/h4-10H,3,11H2,1-2H3. The summed E-state index contributed by atoms with van der Waals surface area (Å²) < 4.78 is 32.2. The fourth-order valence-electron chi connectivity index (χ4n) is 2.62. The number of carbonyl (C=O) groups excluding carboxylic acids is 2. The molecule has 0 aliphatic heterocycles. The monoisotopic (exact) mass is 496 g/mol. The highest BCUT2D eigenvalue weighted by Gasteiger charge is 2.16. The number of sulfone groups is 1. The van der Waals surface area contributed by atoms with Crippen LogP contribution in [0, 0.1) is 0 Å². The number of hydrogen-bond acceptors (Lipinski definition) is 6. The summed E-state index contributed by atoms with van der Waals surface area (Å²) in [5.74, 6) is -1.13. The molecular formula is C19H17BrN2O5S2. The lowest BCUT2D eigenvalue weighted by Crippen LogP contribution is -2.22. The van der Waals surface area contributed by atoms with E-state index in [4.69, 9.17) is 4.74 Å². The van der Waals surface area contributed by atoms with Gasteiger partial charge in [0.15, 0.2) is 14.6 Å². The third kappa shape index (κ3) is 4.65. The van der Waals surface area contributed by atoms with Crippen molar-refractivity contribution in [1.82, 2.24) is 4.57 Å². The van der Waals surface area contributed by atoms with Crippen molar-refractivity contribution in [3.05, 3.63) is 57.3 Å². The van der Waals surface area contributed by atoms with Gasteiger partial charge in [-0.05, 0) is 36.4 Å². The second kappa shape index (κ2) is 8.60. The Morgan fingerprint density at radius 3 is 2.66 bits per heavy atom. The number of ether oxygens (including phenoxy) is 1. The SMILES string of the molecule is CCS(=O)(=O)c1cccc(C(=O)N=c2sc3cc(Br)ccc3n2CC(=O)OC)c1. The minimum Gasteiger partial charge on any atom is -0.468 e. The van der Waals surface area contributed by atoms with Crippen LogP contribution in [0.15, 0.2) is 56.8 Å². The Balaban J connectivity index is 2.12. The number of carbonyl (C=O) groups is 2. The molecule has 7 nitrogen and oxygen atoms in total. The van der Waals surface area contributed by atoms with Gasteiger partial charge in [0.2, 0.25) is 0 Å². The number of aromatic nitrogens is 1. The number of benzene rings is 2. The van der Waals surface area contributed by atoms with Crippen molar-refractivity contribution >= 4 is 59.2 Å². The number of nitrogens with zero attached hydrogens (tertiary/aromatic N) is 2. The molecule has 1 aromatic heterocycles. The number of methoxy groups -OCH3 is 1. The molecule has 3 rings (SSSR count). The Morgan fingerprint density at radius 1 is 1.21 bits per heavy atom. The van der Waals surface area contributed by atoms with E-state index in [2.05, 4.69) is 20.9 Å². The van der Waals surface area contributed by atoms with Crippen LogP contribution in [0.25, 0.3) is 10.2 Å². The summed E-state index contributed by atoms with van der Waals surface area (Å²) in [6.07, 6.45) is 0. The van der Waals surface area contributed by atoms with E-state index in [0.717, 1.165) is 14.7 Å². The maximum absolute atomic E-state index is 12.7. The van der Waals surface area contributed by atoms with Gasteiger partial charge in [0, 0.05) is 10.0 Å². The van der Waals surface area contributed by atoms with Gasteiger partial charge in [0.1, 0.15) is 6.54 Å². The van der Waals surface area contributed by atoms with E-state index in [1.807, 2.05) is 18.2 Å². The van der Waals surface area contributed by atoms with Crippen LogP contribution in [0.1, 0.15) is 17.3 Å². The predicted octanol–water partition coefficient (Wildman–Crippen LogP) is 3.17. The van der Waals surface area contributed by atoms with Crippen LogP contribution in [-0.2, 0) is 25.9 Å². The first-order valence-electron chi connectivity index (χ1n) is 8.52. The molecule has 0 saturated carbocycles. The van der Waals surface area contributed by atoms with Crippen LogP contribution in [0.3, 0.4) is 0 Å². The number of halogens is 1. The van der Waals surface area contributed by atoms with Gasteiger partial charge >= 0.3 is 5.97 Å². The first-order chi connectivity index (χ1) is 13.7. The Labute approximate surface area is 179 Å². The zero-order valence-corrected chi connectivity index (χ0v) is 18.8. The summed E-state index contributed by atoms with van der Waals surface area (Å²) in [6, 6.07) is 11.3. The largest absolute Gasteiger partial charge is 0.468 e. The van der Waals surface area contributed by atoms with Gasteiger partial charge in [-0.1, -0.05) is 40.3 Å². The third-order valence-electron chi connectivity index (χ3n) is 4.18. The average Bonchev–Trinajstić information content (AvgIpc) is 3.03. The molecular weight excluding hydrogens is 480 g/mol. The second-order valence-corrected chi connectivity index (χ2v) is 10.2. The molecule has 0 bridgehead atoms. The van der Waals surface area contributed by atoms with Gasteiger partial charge in [0.05, 0.1) is 28.0 Å². The van der Waals surface area contributed by atoms with Crippen molar-refractivity contribution in [2.75, 3.05) is 12.9 Å². The summed E-state index contributed by atoms with van der Waals surface area (Å²) in [4.78, 5) is 29.1. The molecule has 0 unspecified atom stereocenters. The van der Waals surface area contributed by atoms with E-state index in [0.29, 0.717) is 4.80 Å². The van der Waals surface area contributed by atoms with Crippen molar-refractivity contribution in [2.45, 2.75) is 18.4 Å². The molecule has 29 heavy (non-hydrogen) atoms. The van der Waals surface area contributed by atoms with Gasteiger partial charge in [-0.2, -0.15) is 4.99 Å². The van der Waals surface area contributed by atoms with Gasteiger partial charge < -0.3 is 9.30 Å². The Bertz CT molecular complexity index is 1280. The highest BCUT2D eigenvalue weighted by atomic mass is 79.9. The molecule has 1 amide bonds. The van der Waals surface area contributed by atoms with Crippen molar-refractivity contribution in [3.63, 3.8) is 0 Å². The van der Waals surface area contributed by atoms with Crippen LogP contribution in [-0.4, -0.2) is 37.7 Å². The molecule has 2 aromatic carbocycles. The Morgan fingerprint density at radius 2 is 1.97 bits per heavy atom. The second-order valence-electron chi connectivity index (χ2n) is 6.01. The predicted molar refractivity (Wildman–Crippen MR) is 114 cm³/mol. The van der Waals surface area contributed by atoms with Crippen molar-refractivity contribution < 1.29 is 22.7 Å². The van der Waals surface area contributed by atoms with E-state index in [-0.39, 0.29) is 22.8 Å². The molecule has 10 heteroatoms. The first kappa shape index (κ1) is 21.4. The summed E-state index contributed by atoms with van der Waals surface area (Å²) in [5, 5.41) is 0. The molecule has 3 aromatic rings. The van der Waals surface area contributed by atoms with Crippen LogP contribution < -0.4 is 4.80 Å². The maximum Gasteiger partial charge on any atom is 0.325 e. The molecule has 152 valence electrons. The molecule has 0 radical (unpaired) electrons. The zero-order chi connectivity index (χ0) is 21.2. The topological polar surface area (TPSA) is 94.8 Å². The number of hydrogen-bond donors (Lipinski definition) is 0. The quantitative estimate of drug-likeness (QED) is 0.505. The number of rotatable bonds is 5.